The number of anilines is 1. The lowest BCUT2D eigenvalue weighted by molar-refractivity contribution is -0.144. The SMILES string of the molecule is O=C1C2CCC(S2)C(=O)N1CCCCN1CCN(c2ncccn2)CC1. The van der Waals surface area contributed by atoms with Crippen LogP contribution in [-0.4, -0.2) is 81.4 Å². The molecule has 3 aliphatic heterocycles. The average Bonchev–Trinajstić information content (AvgIpc) is 3.14. The molecule has 0 aliphatic carbocycles. The zero-order valence-corrected chi connectivity index (χ0v) is 15.7. The first kappa shape index (κ1) is 17.7. The van der Waals surface area contributed by atoms with Gasteiger partial charge in [-0.25, -0.2) is 9.97 Å². The van der Waals surface area contributed by atoms with Crippen LogP contribution in [-0.2, 0) is 9.59 Å². The Labute approximate surface area is 158 Å². The maximum Gasteiger partial charge on any atom is 0.242 e. The fourth-order valence-corrected chi connectivity index (χ4v) is 5.34. The van der Waals surface area contributed by atoms with E-state index < -0.39 is 0 Å². The second-order valence-corrected chi connectivity index (χ2v) is 8.51. The molecule has 0 radical (unpaired) electrons. The molecule has 8 heteroatoms. The number of amides is 2. The van der Waals surface area contributed by atoms with Crippen LogP contribution in [0.4, 0.5) is 5.95 Å². The molecule has 4 rings (SSSR count). The molecular formula is C18H25N5O2S. The topological polar surface area (TPSA) is 69.6 Å². The highest BCUT2D eigenvalue weighted by atomic mass is 32.2. The lowest BCUT2D eigenvalue weighted by Crippen LogP contribution is -2.48. The number of imide groups is 1. The van der Waals surface area contributed by atoms with E-state index in [1.807, 2.05) is 6.07 Å². The van der Waals surface area contributed by atoms with E-state index in [9.17, 15) is 9.59 Å². The van der Waals surface area contributed by atoms with Crippen LogP contribution in [0.5, 0.6) is 0 Å². The van der Waals surface area contributed by atoms with Crippen molar-refractivity contribution in [3.8, 4) is 0 Å². The largest absolute Gasteiger partial charge is 0.338 e. The Morgan fingerprint density at radius 3 is 2.19 bits per heavy atom. The van der Waals surface area contributed by atoms with Crippen molar-refractivity contribution in [2.75, 3.05) is 44.2 Å². The number of aromatic nitrogens is 2. The Bertz CT molecular complexity index is 628. The van der Waals surface area contributed by atoms with Crippen LogP contribution in [0.15, 0.2) is 18.5 Å². The summed E-state index contributed by atoms with van der Waals surface area (Å²) in [6.07, 6.45) is 7.20. The number of nitrogens with zero attached hydrogens (tertiary/aromatic N) is 5. The molecule has 0 N–H and O–H groups in total. The molecule has 4 heterocycles. The highest BCUT2D eigenvalue weighted by Crippen LogP contribution is 2.40. The Morgan fingerprint density at radius 1 is 0.923 bits per heavy atom. The molecule has 2 atom stereocenters. The standard InChI is InChI=1S/C18H25N5O2S/c24-16-14-4-5-15(26-14)17(25)23(16)9-2-1-8-21-10-12-22(13-11-21)18-19-6-3-7-20-18/h3,6-7,14-15H,1-2,4-5,8-13H2. The van der Waals surface area contributed by atoms with E-state index in [-0.39, 0.29) is 22.3 Å². The van der Waals surface area contributed by atoms with Crippen LogP contribution in [0.25, 0.3) is 0 Å². The quantitative estimate of drug-likeness (QED) is 0.543. The molecule has 140 valence electrons. The minimum Gasteiger partial charge on any atom is -0.338 e. The Kier molecular flexibility index (Phi) is 5.40. The Balaban J connectivity index is 1.17. The van der Waals surface area contributed by atoms with Crippen molar-refractivity contribution < 1.29 is 9.59 Å². The normalized spacial score (nSPS) is 26.6. The van der Waals surface area contributed by atoms with E-state index in [4.69, 9.17) is 0 Å². The molecule has 0 aromatic carbocycles. The highest BCUT2D eigenvalue weighted by molar-refractivity contribution is 8.02. The van der Waals surface area contributed by atoms with Crippen molar-refractivity contribution in [2.45, 2.75) is 36.2 Å². The van der Waals surface area contributed by atoms with E-state index in [2.05, 4.69) is 19.8 Å². The third-order valence-corrected chi connectivity index (χ3v) is 6.95. The molecule has 1 aromatic rings. The van der Waals surface area contributed by atoms with Crippen molar-refractivity contribution in [2.24, 2.45) is 0 Å². The first-order chi connectivity index (χ1) is 12.7. The summed E-state index contributed by atoms with van der Waals surface area (Å²) < 4.78 is 0. The molecule has 0 spiro atoms. The third-order valence-electron chi connectivity index (χ3n) is 5.42. The van der Waals surface area contributed by atoms with Gasteiger partial charge in [0, 0.05) is 45.1 Å². The van der Waals surface area contributed by atoms with Crippen molar-refractivity contribution in [3.05, 3.63) is 18.5 Å². The average molecular weight is 375 g/mol. The van der Waals surface area contributed by atoms with Crippen molar-refractivity contribution in [3.63, 3.8) is 0 Å². The van der Waals surface area contributed by atoms with Gasteiger partial charge in [-0.3, -0.25) is 19.4 Å². The number of piperazine rings is 1. The van der Waals surface area contributed by atoms with Gasteiger partial charge in [0.1, 0.15) is 0 Å². The number of rotatable bonds is 6. The second kappa shape index (κ2) is 7.92. The summed E-state index contributed by atoms with van der Waals surface area (Å²) in [7, 11) is 0. The number of hydrogen-bond acceptors (Lipinski definition) is 7. The van der Waals surface area contributed by atoms with Crippen molar-refractivity contribution in [1.29, 1.82) is 0 Å². The van der Waals surface area contributed by atoms with E-state index in [0.29, 0.717) is 6.54 Å². The van der Waals surface area contributed by atoms with Gasteiger partial charge in [0.2, 0.25) is 17.8 Å². The van der Waals surface area contributed by atoms with Gasteiger partial charge in [-0.15, -0.1) is 11.8 Å². The van der Waals surface area contributed by atoms with Crippen LogP contribution in [0.3, 0.4) is 0 Å². The van der Waals surface area contributed by atoms with Gasteiger partial charge < -0.3 is 4.90 Å². The van der Waals surface area contributed by atoms with Crippen LogP contribution in [0, 0.1) is 0 Å². The molecule has 2 bridgehead atoms. The van der Waals surface area contributed by atoms with Gasteiger partial charge in [-0.05, 0) is 38.3 Å². The van der Waals surface area contributed by atoms with Gasteiger partial charge in [0.25, 0.3) is 0 Å². The molecule has 2 amide bonds. The number of likely N-dealkylation sites (tertiary alicyclic amines) is 1. The monoisotopic (exact) mass is 375 g/mol. The lowest BCUT2D eigenvalue weighted by atomic mass is 10.2. The molecular weight excluding hydrogens is 350 g/mol. The number of carbonyl (C=O) groups excluding carboxylic acids is 2. The zero-order valence-electron chi connectivity index (χ0n) is 14.9. The first-order valence-electron chi connectivity index (χ1n) is 9.47. The van der Waals surface area contributed by atoms with E-state index in [1.165, 1.54) is 4.90 Å². The second-order valence-electron chi connectivity index (χ2n) is 7.10. The molecule has 2 unspecified atom stereocenters. The molecule has 1 aromatic heterocycles. The number of unbranched alkanes of at least 4 members (excludes halogenated alkanes) is 1. The smallest absolute Gasteiger partial charge is 0.242 e. The summed E-state index contributed by atoms with van der Waals surface area (Å²) in [5.74, 6) is 0.900. The summed E-state index contributed by atoms with van der Waals surface area (Å²) in [6.45, 7) is 5.48. The number of thioether (sulfide) groups is 1. The fraction of sp³-hybridized carbons (Fsp3) is 0.667. The number of carbonyl (C=O) groups is 2. The summed E-state index contributed by atoms with van der Waals surface area (Å²) in [5.41, 5.74) is 0. The van der Waals surface area contributed by atoms with Gasteiger partial charge in [-0.1, -0.05) is 0 Å². The molecule has 0 saturated carbocycles. The van der Waals surface area contributed by atoms with Crippen LogP contribution >= 0.6 is 11.8 Å². The molecule has 3 aliphatic rings. The number of hydrogen-bond donors (Lipinski definition) is 0. The van der Waals surface area contributed by atoms with Gasteiger partial charge in [0.15, 0.2) is 0 Å². The predicted octanol–water partition coefficient (Wildman–Crippen LogP) is 1.01. The molecule has 26 heavy (non-hydrogen) atoms. The van der Waals surface area contributed by atoms with Crippen LogP contribution < -0.4 is 4.90 Å². The zero-order chi connectivity index (χ0) is 17.9. The fourth-order valence-electron chi connectivity index (χ4n) is 3.91. The van der Waals surface area contributed by atoms with E-state index >= 15 is 0 Å². The molecule has 7 nitrogen and oxygen atoms in total. The maximum atomic E-state index is 12.3. The summed E-state index contributed by atoms with van der Waals surface area (Å²) in [5, 5.41) is 0.0666. The number of fused-ring (bicyclic) bond motifs is 2. The van der Waals surface area contributed by atoms with Gasteiger partial charge >= 0.3 is 0 Å². The Hall–Kier alpha value is -1.67. The van der Waals surface area contributed by atoms with Gasteiger partial charge in [0.05, 0.1) is 10.5 Å². The summed E-state index contributed by atoms with van der Waals surface area (Å²) in [4.78, 5) is 39.4. The molecule has 3 saturated heterocycles. The van der Waals surface area contributed by atoms with Crippen molar-refractivity contribution in [1.82, 2.24) is 19.8 Å². The first-order valence-corrected chi connectivity index (χ1v) is 10.4. The minimum atomic E-state index is 0.0333. The summed E-state index contributed by atoms with van der Waals surface area (Å²) >= 11 is 1.57. The van der Waals surface area contributed by atoms with E-state index in [0.717, 1.165) is 64.4 Å². The summed E-state index contributed by atoms with van der Waals surface area (Å²) in [6, 6.07) is 1.84. The molecule has 3 fully saturated rings. The van der Waals surface area contributed by atoms with Crippen LogP contribution in [0.1, 0.15) is 25.7 Å². The maximum absolute atomic E-state index is 12.3. The third kappa shape index (κ3) is 3.71. The highest BCUT2D eigenvalue weighted by Gasteiger charge is 2.45. The van der Waals surface area contributed by atoms with Gasteiger partial charge in [-0.2, -0.15) is 0 Å². The van der Waals surface area contributed by atoms with Crippen LogP contribution in [0.2, 0.25) is 0 Å². The van der Waals surface area contributed by atoms with Crippen molar-refractivity contribution >= 4 is 29.5 Å². The Morgan fingerprint density at radius 2 is 1.54 bits per heavy atom. The van der Waals surface area contributed by atoms with E-state index in [1.54, 1.807) is 24.2 Å². The minimum absolute atomic E-state index is 0.0333. The predicted molar refractivity (Wildman–Crippen MR) is 101 cm³/mol. The lowest BCUT2D eigenvalue weighted by Gasteiger charge is -2.34.